The van der Waals surface area contributed by atoms with E-state index in [0.717, 1.165) is 36.9 Å². The van der Waals surface area contributed by atoms with Gasteiger partial charge in [0.2, 0.25) is 0 Å². The van der Waals surface area contributed by atoms with Crippen molar-refractivity contribution >= 4 is 10.9 Å². The van der Waals surface area contributed by atoms with Gasteiger partial charge >= 0.3 is 0 Å². The lowest BCUT2D eigenvalue weighted by Crippen LogP contribution is -2.38. The predicted octanol–water partition coefficient (Wildman–Crippen LogP) is 3.40. The maximum Gasteiger partial charge on any atom is 0.0807 e. The molecule has 1 aliphatic rings. The second kappa shape index (κ2) is 7.64. The topological polar surface area (TPSA) is 33.1 Å². The highest BCUT2D eigenvalue weighted by atomic mass is 15.3. The molecular formula is C19H28N4. The van der Waals surface area contributed by atoms with Crippen LogP contribution in [0, 0.1) is 0 Å². The molecule has 1 N–H and O–H groups in total. The number of nitrogens with zero attached hydrogens (tertiary/aromatic N) is 3. The summed E-state index contributed by atoms with van der Waals surface area (Å²) in [6.07, 6.45) is 8.83. The Kier molecular flexibility index (Phi) is 5.34. The molecule has 0 unspecified atom stereocenters. The summed E-state index contributed by atoms with van der Waals surface area (Å²) in [7, 11) is 2.25. The summed E-state index contributed by atoms with van der Waals surface area (Å²) in [4.78, 5) is 2.50. The van der Waals surface area contributed by atoms with E-state index in [-0.39, 0.29) is 0 Å². The standard InChI is InChI=1S/C19H28N4/c1-16(15-23-19-11-7-6-8-17(19)14-21-23)20-12-13-22(2)18-9-4-3-5-10-18/h6-8,11,14,18,20H,1,3-5,9-10,12-13,15H2,2H3. The Morgan fingerprint density at radius 1 is 1.30 bits per heavy atom. The van der Waals surface area contributed by atoms with Crippen molar-refractivity contribution in [3.63, 3.8) is 0 Å². The number of fused-ring (bicyclic) bond motifs is 1. The van der Waals surface area contributed by atoms with Crippen LogP contribution in [0.5, 0.6) is 0 Å². The quantitative estimate of drug-likeness (QED) is 0.850. The minimum atomic E-state index is 0.723. The summed E-state index contributed by atoms with van der Waals surface area (Å²) in [6, 6.07) is 9.06. The molecule has 1 aliphatic carbocycles. The smallest absolute Gasteiger partial charge is 0.0807 e. The van der Waals surface area contributed by atoms with Gasteiger partial charge in [-0.15, -0.1) is 0 Å². The molecule has 1 aromatic carbocycles. The Morgan fingerprint density at radius 3 is 2.91 bits per heavy atom. The van der Waals surface area contributed by atoms with Crippen molar-refractivity contribution < 1.29 is 0 Å². The first-order valence-electron chi connectivity index (χ1n) is 8.76. The maximum absolute atomic E-state index is 4.46. The third-order valence-electron chi connectivity index (χ3n) is 4.93. The van der Waals surface area contributed by atoms with Gasteiger partial charge in [0.1, 0.15) is 0 Å². The van der Waals surface area contributed by atoms with E-state index in [4.69, 9.17) is 0 Å². The van der Waals surface area contributed by atoms with Crippen LogP contribution in [0.15, 0.2) is 42.7 Å². The molecule has 0 radical (unpaired) electrons. The van der Waals surface area contributed by atoms with Crippen molar-refractivity contribution in [1.82, 2.24) is 20.0 Å². The lowest BCUT2D eigenvalue weighted by atomic mass is 9.94. The Labute approximate surface area is 139 Å². The van der Waals surface area contributed by atoms with Crippen LogP contribution in [-0.2, 0) is 6.54 Å². The Hall–Kier alpha value is -1.81. The molecule has 1 heterocycles. The van der Waals surface area contributed by atoms with Crippen molar-refractivity contribution in [3.8, 4) is 0 Å². The molecule has 1 aromatic heterocycles. The highest BCUT2D eigenvalue weighted by Crippen LogP contribution is 2.21. The first kappa shape index (κ1) is 16.1. The van der Waals surface area contributed by atoms with E-state index in [9.17, 15) is 0 Å². The van der Waals surface area contributed by atoms with Gasteiger partial charge in [0.15, 0.2) is 0 Å². The van der Waals surface area contributed by atoms with Crippen LogP contribution >= 0.6 is 0 Å². The van der Waals surface area contributed by atoms with E-state index in [0.29, 0.717) is 0 Å². The fourth-order valence-electron chi connectivity index (χ4n) is 3.50. The van der Waals surface area contributed by atoms with E-state index in [1.165, 1.54) is 37.5 Å². The van der Waals surface area contributed by atoms with Crippen molar-refractivity contribution in [1.29, 1.82) is 0 Å². The van der Waals surface area contributed by atoms with Crippen LogP contribution in [0.3, 0.4) is 0 Å². The van der Waals surface area contributed by atoms with Gasteiger partial charge < -0.3 is 10.2 Å². The average molecular weight is 312 g/mol. The fourth-order valence-corrected chi connectivity index (χ4v) is 3.50. The number of allylic oxidation sites excluding steroid dienone is 1. The van der Waals surface area contributed by atoms with Crippen LogP contribution < -0.4 is 5.32 Å². The monoisotopic (exact) mass is 312 g/mol. The van der Waals surface area contributed by atoms with E-state index in [2.05, 4.69) is 47.1 Å². The number of hydrogen-bond acceptors (Lipinski definition) is 3. The van der Waals surface area contributed by atoms with E-state index < -0.39 is 0 Å². The average Bonchev–Trinajstić information content (AvgIpc) is 2.99. The Balaban J connectivity index is 1.44. The van der Waals surface area contributed by atoms with Crippen LogP contribution in [0.1, 0.15) is 32.1 Å². The van der Waals surface area contributed by atoms with E-state index in [1.54, 1.807) is 0 Å². The van der Waals surface area contributed by atoms with Gasteiger partial charge in [-0.3, -0.25) is 4.68 Å². The van der Waals surface area contributed by atoms with Crippen LogP contribution in [0.4, 0.5) is 0 Å². The van der Waals surface area contributed by atoms with Gasteiger partial charge in [-0.05, 0) is 26.0 Å². The summed E-state index contributed by atoms with van der Waals surface area (Å²) < 4.78 is 2.01. The number of rotatable bonds is 7. The summed E-state index contributed by atoms with van der Waals surface area (Å²) in [5.41, 5.74) is 2.19. The molecule has 2 aromatic rings. The molecular weight excluding hydrogens is 284 g/mol. The molecule has 0 amide bonds. The minimum Gasteiger partial charge on any atom is -0.386 e. The van der Waals surface area contributed by atoms with Crippen molar-refractivity contribution in [2.75, 3.05) is 20.1 Å². The van der Waals surface area contributed by atoms with Gasteiger partial charge in [0.05, 0.1) is 18.3 Å². The second-order valence-electron chi connectivity index (χ2n) is 6.66. The number of likely N-dealkylation sites (N-methyl/N-ethyl adjacent to an activating group) is 1. The molecule has 0 saturated heterocycles. The zero-order valence-corrected chi connectivity index (χ0v) is 14.2. The molecule has 124 valence electrons. The van der Waals surface area contributed by atoms with Crippen molar-refractivity contribution in [2.45, 2.75) is 44.7 Å². The van der Waals surface area contributed by atoms with Crippen molar-refractivity contribution in [3.05, 3.63) is 42.7 Å². The lowest BCUT2D eigenvalue weighted by molar-refractivity contribution is 0.193. The van der Waals surface area contributed by atoms with Crippen LogP contribution in [0.25, 0.3) is 10.9 Å². The molecule has 1 fully saturated rings. The fraction of sp³-hybridized carbons (Fsp3) is 0.526. The second-order valence-corrected chi connectivity index (χ2v) is 6.66. The van der Waals surface area contributed by atoms with Gasteiger partial charge in [-0.25, -0.2) is 0 Å². The normalized spacial score (nSPS) is 16.1. The van der Waals surface area contributed by atoms with Gasteiger partial charge in [0.25, 0.3) is 0 Å². The number of nitrogens with one attached hydrogen (secondary N) is 1. The molecule has 0 bridgehead atoms. The lowest BCUT2D eigenvalue weighted by Gasteiger charge is -2.31. The molecule has 0 aliphatic heterocycles. The third-order valence-corrected chi connectivity index (χ3v) is 4.93. The molecule has 0 spiro atoms. The van der Waals surface area contributed by atoms with Gasteiger partial charge in [-0.1, -0.05) is 44.0 Å². The van der Waals surface area contributed by atoms with Crippen LogP contribution in [0.2, 0.25) is 0 Å². The minimum absolute atomic E-state index is 0.723. The number of hydrogen-bond donors (Lipinski definition) is 1. The third kappa shape index (κ3) is 4.14. The van der Waals surface area contributed by atoms with Crippen LogP contribution in [-0.4, -0.2) is 40.9 Å². The number of para-hydroxylation sites is 1. The number of aromatic nitrogens is 2. The molecule has 4 heteroatoms. The zero-order chi connectivity index (χ0) is 16.1. The summed E-state index contributed by atoms with van der Waals surface area (Å²) in [6.45, 7) is 6.90. The largest absolute Gasteiger partial charge is 0.386 e. The predicted molar refractivity (Wildman–Crippen MR) is 96.4 cm³/mol. The first-order chi connectivity index (χ1) is 11.2. The first-order valence-corrected chi connectivity index (χ1v) is 8.76. The van der Waals surface area contributed by atoms with E-state index >= 15 is 0 Å². The SMILES string of the molecule is C=C(Cn1ncc2ccccc21)NCCN(C)C1CCCCC1. The summed E-state index contributed by atoms with van der Waals surface area (Å²) in [5, 5.41) is 9.09. The summed E-state index contributed by atoms with van der Waals surface area (Å²) in [5.74, 6) is 0. The molecule has 0 atom stereocenters. The Morgan fingerprint density at radius 2 is 2.09 bits per heavy atom. The molecule has 1 saturated carbocycles. The van der Waals surface area contributed by atoms with Gasteiger partial charge in [0, 0.05) is 30.2 Å². The Bertz CT molecular complexity index is 640. The van der Waals surface area contributed by atoms with E-state index in [1.807, 2.05) is 16.9 Å². The zero-order valence-electron chi connectivity index (χ0n) is 14.2. The summed E-state index contributed by atoms with van der Waals surface area (Å²) >= 11 is 0. The maximum atomic E-state index is 4.46. The van der Waals surface area contributed by atoms with Crippen molar-refractivity contribution in [2.24, 2.45) is 0 Å². The van der Waals surface area contributed by atoms with Gasteiger partial charge in [-0.2, -0.15) is 5.10 Å². The molecule has 23 heavy (non-hydrogen) atoms. The number of benzene rings is 1. The molecule has 3 rings (SSSR count). The highest BCUT2D eigenvalue weighted by Gasteiger charge is 2.17. The highest BCUT2D eigenvalue weighted by molar-refractivity contribution is 5.78. The molecule has 4 nitrogen and oxygen atoms in total.